The summed E-state index contributed by atoms with van der Waals surface area (Å²) in [5.41, 5.74) is 0.0171. The van der Waals surface area contributed by atoms with Crippen molar-refractivity contribution in [2.45, 2.75) is 52.7 Å². The molecule has 4 fully saturated rings. The SMILES string of the molecule is CC(C)(C)OC(=O)N1CC2(CNC2)C1.CC(C)(C)OC(=O)N1CC2(CNC2)C1.O=C(O)c1ccco1. The lowest BCUT2D eigenvalue weighted by Crippen LogP contribution is -2.72. The zero-order valence-electron chi connectivity index (χ0n) is 22.2. The van der Waals surface area contributed by atoms with E-state index in [2.05, 4.69) is 15.1 Å². The minimum absolute atomic E-state index is 0.0231. The van der Waals surface area contributed by atoms with Crippen LogP contribution in [0.2, 0.25) is 0 Å². The Kier molecular flexibility index (Phi) is 7.95. The molecule has 0 bridgehead atoms. The maximum Gasteiger partial charge on any atom is 0.410 e. The topological polar surface area (TPSA) is 134 Å². The Balaban J connectivity index is 0.000000157. The molecule has 0 atom stereocenters. The monoisotopic (exact) mass is 508 g/mol. The molecule has 11 nitrogen and oxygen atoms in total. The van der Waals surface area contributed by atoms with Gasteiger partial charge in [-0.25, -0.2) is 14.4 Å². The summed E-state index contributed by atoms with van der Waals surface area (Å²) in [4.78, 5) is 36.6. The van der Waals surface area contributed by atoms with Crippen LogP contribution in [0.25, 0.3) is 0 Å². The normalized spacial score (nSPS) is 20.7. The van der Waals surface area contributed by atoms with E-state index in [9.17, 15) is 14.4 Å². The summed E-state index contributed by atoms with van der Waals surface area (Å²) in [7, 11) is 0. The van der Waals surface area contributed by atoms with E-state index in [1.165, 1.54) is 18.4 Å². The number of hydrogen-bond acceptors (Lipinski definition) is 8. The van der Waals surface area contributed by atoms with Gasteiger partial charge < -0.3 is 39.4 Å². The van der Waals surface area contributed by atoms with Crippen molar-refractivity contribution in [3.05, 3.63) is 24.2 Å². The van der Waals surface area contributed by atoms with Crippen LogP contribution in [-0.4, -0.2) is 96.6 Å². The molecule has 1 aromatic heterocycles. The highest BCUT2D eigenvalue weighted by Crippen LogP contribution is 2.35. The van der Waals surface area contributed by atoms with Crippen molar-refractivity contribution >= 4 is 18.2 Å². The van der Waals surface area contributed by atoms with Crippen molar-refractivity contribution in [1.29, 1.82) is 0 Å². The van der Waals surface area contributed by atoms with Crippen molar-refractivity contribution in [2.24, 2.45) is 10.8 Å². The zero-order chi connectivity index (χ0) is 26.8. The molecule has 0 unspecified atom stereocenters. The Morgan fingerprint density at radius 2 is 1.22 bits per heavy atom. The quantitative estimate of drug-likeness (QED) is 0.523. The van der Waals surface area contributed by atoms with Crippen LogP contribution in [0.1, 0.15) is 52.1 Å². The molecule has 11 heteroatoms. The molecule has 0 radical (unpaired) electrons. The van der Waals surface area contributed by atoms with Crippen LogP contribution < -0.4 is 10.6 Å². The molecule has 3 N–H and O–H groups in total. The lowest BCUT2D eigenvalue weighted by molar-refractivity contribution is -0.0557. The highest BCUT2D eigenvalue weighted by atomic mass is 16.6. The molecule has 0 aromatic carbocycles. The summed E-state index contributed by atoms with van der Waals surface area (Å²) in [5.74, 6) is -1.06. The number of carbonyl (C=O) groups excluding carboxylic acids is 2. The number of amides is 2. The first-order chi connectivity index (χ1) is 16.6. The van der Waals surface area contributed by atoms with Crippen molar-refractivity contribution < 1.29 is 33.4 Å². The lowest BCUT2D eigenvalue weighted by atomic mass is 9.75. The van der Waals surface area contributed by atoms with Gasteiger partial charge in [0.2, 0.25) is 5.76 Å². The number of nitrogens with one attached hydrogen (secondary N) is 2. The van der Waals surface area contributed by atoms with Crippen LogP contribution in [0.5, 0.6) is 0 Å². The molecule has 5 rings (SSSR count). The van der Waals surface area contributed by atoms with E-state index in [-0.39, 0.29) is 29.1 Å². The summed E-state index contributed by atoms with van der Waals surface area (Å²) >= 11 is 0. The Morgan fingerprint density at radius 1 is 0.833 bits per heavy atom. The molecular weight excluding hydrogens is 468 g/mol. The van der Waals surface area contributed by atoms with Gasteiger partial charge in [-0.05, 0) is 53.7 Å². The molecule has 5 heterocycles. The largest absolute Gasteiger partial charge is 0.475 e. The Labute approximate surface area is 212 Å². The molecule has 202 valence electrons. The average molecular weight is 509 g/mol. The van der Waals surface area contributed by atoms with Crippen LogP contribution in [0.15, 0.2) is 22.8 Å². The number of ether oxygens (including phenoxy) is 2. The molecule has 0 saturated carbocycles. The molecule has 4 aliphatic rings. The number of carboxylic acids is 1. The molecule has 1 aromatic rings. The van der Waals surface area contributed by atoms with Gasteiger partial charge in [0.15, 0.2) is 0 Å². The maximum absolute atomic E-state index is 11.6. The first-order valence-corrected chi connectivity index (χ1v) is 12.3. The first kappa shape index (κ1) is 27.8. The van der Waals surface area contributed by atoms with Gasteiger partial charge in [0.25, 0.3) is 0 Å². The fourth-order valence-corrected chi connectivity index (χ4v) is 4.24. The van der Waals surface area contributed by atoms with Crippen LogP contribution in [0.3, 0.4) is 0 Å². The second-order valence-electron chi connectivity index (χ2n) is 12.2. The van der Waals surface area contributed by atoms with Gasteiger partial charge in [-0.2, -0.15) is 0 Å². The van der Waals surface area contributed by atoms with E-state index in [0.717, 1.165) is 52.4 Å². The third-order valence-electron chi connectivity index (χ3n) is 6.14. The van der Waals surface area contributed by atoms with Gasteiger partial charge in [0.1, 0.15) is 11.2 Å². The second kappa shape index (κ2) is 10.3. The van der Waals surface area contributed by atoms with E-state index in [4.69, 9.17) is 14.6 Å². The number of likely N-dealkylation sites (tertiary alicyclic amines) is 2. The Morgan fingerprint density at radius 3 is 1.42 bits per heavy atom. The number of hydrogen-bond donors (Lipinski definition) is 3. The van der Waals surface area contributed by atoms with Crippen LogP contribution in [0.4, 0.5) is 9.59 Å². The van der Waals surface area contributed by atoms with Gasteiger partial charge in [-0.1, -0.05) is 0 Å². The number of nitrogens with zero attached hydrogens (tertiary/aromatic N) is 2. The minimum Gasteiger partial charge on any atom is -0.475 e. The van der Waals surface area contributed by atoms with Gasteiger partial charge in [-0.15, -0.1) is 0 Å². The van der Waals surface area contributed by atoms with Crippen LogP contribution in [0, 0.1) is 10.8 Å². The van der Waals surface area contributed by atoms with Crippen molar-refractivity contribution in [2.75, 3.05) is 52.4 Å². The van der Waals surface area contributed by atoms with Gasteiger partial charge in [0.05, 0.1) is 6.26 Å². The zero-order valence-corrected chi connectivity index (χ0v) is 22.2. The van der Waals surface area contributed by atoms with E-state index >= 15 is 0 Å². The molecule has 2 spiro atoms. The summed E-state index contributed by atoms with van der Waals surface area (Å²) < 4.78 is 15.0. The van der Waals surface area contributed by atoms with Crippen molar-refractivity contribution in [3.63, 3.8) is 0 Å². The Bertz CT molecular complexity index is 855. The summed E-state index contributed by atoms with van der Waals surface area (Å²) in [6.45, 7) is 19.0. The highest BCUT2D eigenvalue weighted by Gasteiger charge is 2.51. The van der Waals surface area contributed by atoms with Crippen molar-refractivity contribution in [1.82, 2.24) is 20.4 Å². The fourth-order valence-electron chi connectivity index (χ4n) is 4.24. The van der Waals surface area contributed by atoms with Gasteiger partial charge >= 0.3 is 18.2 Å². The van der Waals surface area contributed by atoms with Gasteiger partial charge in [0, 0.05) is 63.2 Å². The van der Waals surface area contributed by atoms with E-state index < -0.39 is 5.97 Å². The van der Waals surface area contributed by atoms with Gasteiger partial charge in [-0.3, -0.25) is 0 Å². The summed E-state index contributed by atoms with van der Waals surface area (Å²) in [6, 6.07) is 2.92. The van der Waals surface area contributed by atoms with Crippen LogP contribution in [-0.2, 0) is 9.47 Å². The highest BCUT2D eigenvalue weighted by molar-refractivity contribution is 5.84. The van der Waals surface area contributed by atoms with Crippen molar-refractivity contribution in [3.8, 4) is 0 Å². The third kappa shape index (κ3) is 7.36. The molecule has 36 heavy (non-hydrogen) atoms. The predicted molar refractivity (Wildman–Crippen MR) is 132 cm³/mol. The number of carbonyl (C=O) groups is 3. The fraction of sp³-hybridized carbons (Fsp3) is 0.720. The molecule has 4 aliphatic heterocycles. The average Bonchev–Trinajstić information content (AvgIpc) is 3.09. The van der Waals surface area contributed by atoms with Crippen LogP contribution >= 0.6 is 0 Å². The molecule has 4 saturated heterocycles. The Hall–Kier alpha value is -2.79. The minimum atomic E-state index is -1.03. The molecular formula is C25H40N4O7. The summed E-state index contributed by atoms with van der Waals surface area (Å²) in [5, 5.41) is 14.6. The molecule has 2 amide bonds. The second-order valence-corrected chi connectivity index (χ2v) is 12.2. The van der Waals surface area contributed by atoms with E-state index in [1.807, 2.05) is 41.5 Å². The molecule has 0 aliphatic carbocycles. The van der Waals surface area contributed by atoms with E-state index in [0.29, 0.717) is 10.8 Å². The smallest absolute Gasteiger partial charge is 0.410 e. The maximum atomic E-state index is 11.6. The number of rotatable bonds is 1. The third-order valence-corrected chi connectivity index (χ3v) is 6.14. The number of furan rings is 1. The lowest BCUT2D eigenvalue weighted by Gasteiger charge is -2.55. The van der Waals surface area contributed by atoms with E-state index in [1.54, 1.807) is 9.80 Å². The predicted octanol–water partition coefficient (Wildman–Crippen LogP) is 2.63. The number of carboxylic acid groups (broad SMARTS) is 1. The number of aromatic carboxylic acids is 1. The standard InChI is InChI=1S/2C10H18N2O2.C5H4O3/c2*1-9(2,3)14-8(13)12-6-10(7-12)4-11-5-10;6-5(7)4-2-1-3-8-4/h2*11H,4-7H2,1-3H3;1-3H,(H,6,7). The first-order valence-electron chi connectivity index (χ1n) is 12.3. The summed E-state index contributed by atoms with van der Waals surface area (Å²) in [6.07, 6.45) is 0.980.